The Hall–Kier alpha value is -5.25. The molecule has 0 aliphatic heterocycles. The van der Waals surface area contributed by atoms with Crippen LogP contribution in [-0.2, 0) is 10.3 Å². The van der Waals surface area contributed by atoms with Crippen LogP contribution in [0.2, 0.25) is 0 Å². The van der Waals surface area contributed by atoms with Crippen LogP contribution >= 0.6 is 0 Å². The summed E-state index contributed by atoms with van der Waals surface area (Å²) in [6, 6.07) is 36.3. The number of aliphatic hydroxyl groups excluding tert-OH is 1. The lowest BCUT2D eigenvalue weighted by atomic mass is 9.80. The van der Waals surface area contributed by atoms with Crippen molar-refractivity contribution in [2.24, 2.45) is 5.92 Å². The van der Waals surface area contributed by atoms with Crippen LogP contribution in [0.5, 0.6) is 17.4 Å². The number of methoxy groups -OCH3 is 2. The van der Waals surface area contributed by atoms with Crippen molar-refractivity contribution in [3.63, 3.8) is 0 Å². The summed E-state index contributed by atoms with van der Waals surface area (Å²) in [7, 11) is 3.28. The summed E-state index contributed by atoms with van der Waals surface area (Å²) in [5.74, 6) is 1.64. The fourth-order valence-electron chi connectivity index (χ4n) is 6.06. The van der Waals surface area contributed by atoms with Crippen LogP contribution in [0.25, 0.3) is 0 Å². The van der Waals surface area contributed by atoms with Crippen LogP contribution in [-0.4, -0.2) is 54.0 Å². The van der Waals surface area contributed by atoms with Gasteiger partial charge in [-0.05, 0) is 59.5 Å². The highest BCUT2D eigenvalue weighted by atomic mass is 16.5. The van der Waals surface area contributed by atoms with Crippen LogP contribution in [0.15, 0.2) is 122 Å². The van der Waals surface area contributed by atoms with Gasteiger partial charge in [0, 0.05) is 24.0 Å². The first kappa shape index (κ1) is 31.7. The molecular weight excluding hydrogens is 594 g/mol. The summed E-state index contributed by atoms with van der Waals surface area (Å²) in [6.07, 6.45) is 1.35. The van der Waals surface area contributed by atoms with Crippen LogP contribution in [0.3, 0.4) is 0 Å². The number of hydrogen-bond acceptors (Lipinski definition) is 8. The van der Waals surface area contributed by atoms with E-state index in [1.807, 2.05) is 72.8 Å². The first-order chi connectivity index (χ1) is 23.0. The first-order valence-corrected chi connectivity index (χ1v) is 15.5. The third-order valence-electron chi connectivity index (χ3n) is 8.51. The number of amides is 1. The number of anilines is 1. The molecule has 0 spiro atoms. The van der Waals surface area contributed by atoms with Gasteiger partial charge in [-0.2, -0.15) is 0 Å². The molecule has 9 nitrogen and oxygen atoms in total. The number of ether oxygens (including phenoxy) is 4. The molecule has 1 aliphatic carbocycles. The lowest BCUT2D eigenvalue weighted by Crippen LogP contribution is -2.35. The lowest BCUT2D eigenvalue weighted by Gasteiger charge is -2.37. The highest BCUT2D eigenvalue weighted by Crippen LogP contribution is 2.43. The molecule has 0 radical (unpaired) electrons. The Bertz CT molecular complexity index is 1700. The van der Waals surface area contributed by atoms with Crippen molar-refractivity contribution < 1.29 is 28.8 Å². The van der Waals surface area contributed by atoms with Gasteiger partial charge in [0.25, 0.3) is 5.91 Å². The predicted molar refractivity (Wildman–Crippen MR) is 178 cm³/mol. The molecule has 1 fully saturated rings. The molecule has 9 heteroatoms. The van der Waals surface area contributed by atoms with E-state index < -0.39 is 11.7 Å². The molecule has 1 heterocycles. The van der Waals surface area contributed by atoms with Crippen LogP contribution in [0.1, 0.15) is 39.9 Å². The van der Waals surface area contributed by atoms with Crippen LogP contribution in [0.4, 0.5) is 5.82 Å². The maximum absolute atomic E-state index is 12.6. The Morgan fingerprint density at radius 3 is 1.96 bits per heavy atom. The number of hydrogen-bond donors (Lipinski definition) is 2. The molecule has 47 heavy (non-hydrogen) atoms. The van der Waals surface area contributed by atoms with E-state index in [2.05, 4.69) is 27.4 Å². The number of nitrogens with zero attached hydrogens (tertiary/aromatic N) is 2. The standard InChI is InChI=1S/C38H37N3O6/c1-44-31-17-13-29(14-18-31)38(28-11-7-4-8-12-28,30-15-19-32(45-2)20-16-30)46-24-27-21-33(22-34(27)42)47-36-23-35(39-25-40-36)41-37(43)26-9-5-3-6-10-26/h3-20,23,25,27,33-34,42H,21-22,24H2,1-2H3,(H,39,40,41,43)/t27-,33-,34+/m1/s1. The highest BCUT2D eigenvalue weighted by molar-refractivity contribution is 6.03. The smallest absolute Gasteiger partial charge is 0.256 e. The van der Waals surface area contributed by atoms with Gasteiger partial charge >= 0.3 is 0 Å². The Balaban J connectivity index is 1.22. The maximum atomic E-state index is 12.6. The zero-order valence-corrected chi connectivity index (χ0v) is 26.3. The average molecular weight is 632 g/mol. The molecule has 1 amide bonds. The average Bonchev–Trinajstić information content (AvgIpc) is 3.48. The van der Waals surface area contributed by atoms with Crippen LogP contribution in [0, 0.1) is 5.92 Å². The first-order valence-electron chi connectivity index (χ1n) is 15.5. The third kappa shape index (κ3) is 7.11. The Kier molecular flexibility index (Phi) is 9.75. The van der Waals surface area contributed by atoms with E-state index in [-0.39, 0.29) is 24.5 Å². The van der Waals surface area contributed by atoms with Crippen molar-refractivity contribution in [1.29, 1.82) is 0 Å². The number of carbonyl (C=O) groups excluding carboxylic acids is 1. The number of benzene rings is 4. The van der Waals surface area contributed by atoms with Gasteiger partial charge in [-0.15, -0.1) is 0 Å². The summed E-state index contributed by atoms with van der Waals surface area (Å²) in [5, 5.41) is 14.0. The topological polar surface area (TPSA) is 112 Å². The SMILES string of the molecule is COc1ccc(C(OC[C@H]2C[C@@H](Oc3cc(NC(=O)c4ccccc4)ncn3)C[C@@H]2O)(c2ccccc2)c2ccc(OC)cc2)cc1. The molecule has 3 atom stereocenters. The summed E-state index contributed by atoms with van der Waals surface area (Å²) in [6.45, 7) is 0.260. The van der Waals surface area contributed by atoms with E-state index in [1.54, 1.807) is 44.6 Å². The zero-order valence-electron chi connectivity index (χ0n) is 26.3. The van der Waals surface area contributed by atoms with Gasteiger partial charge in [0.1, 0.15) is 35.3 Å². The van der Waals surface area contributed by atoms with E-state index in [4.69, 9.17) is 18.9 Å². The zero-order chi connectivity index (χ0) is 32.6. The van der Waals surface area contributed by atoms with E-state index in [0.717, 1.165) is 28.2 Å². The Labute approximate surface area is 274 Å². The minimum absolute atomic E-state index is 0.210. The summed E-state index contributed by atoms with van der Waals surface area (Å²) >= 11 is 0. The van der Waals surface area contributed by atoms with E-state index in [1.165, 1.54) is 6.33 Å². The molecule has 6 rings (SSSR count). The predicted octanol–water partition coefficient (Wildman–Crippen LogP) is 6.27. The summed E-state index contributed by atoms with van der Waals surface area (Å²) in [4.78, 5) is 21.0. The van der Waals surface area contributed by atoms with E-state index in [9.17, 15) is 9.90 Å². The normalized spacial score (nSPS) is 17.6. The number of aromatic nitrogens is 2. The fraction of sp³-hybridized carbons (Fsp3) is 0.237. The number of carbonyl (C=O) groups is 1. The number of rotatable bonds is 12. The van der Waals surface area contributed by atoms with Crippen molar-refractivity contribution in [2.45, 2.75) is 30.7 Å². The van der Waals surface area contributed by atoms with Gasteiger partial charge in [0.2, 0.25) is 5.88 Å². The van der Waals surface area contributed by atoms with Gasteiger partial charge in [-0.3, -0.25) is 4.79 Å². The van der Waals surface area contributed by atoms with E-state index >= 15 is 0 Å². The quantitative estimate of drug-likeness (QED) is 0.155. The van der Waals surface area contributed by atoms with Gasteiger partial charge in [0.05, 0.1) is 26.9 Å². The fourth-order valence-corrected chi connectivity index (χ4v) is 6.06. The molecule has 240 valence electrons. The minimum atomic E-state index is -0.989. The van der Waals surface area contributed by atoms with Gasteiger partial charge in [-0.1, -0.05) is 72.8 Å². The van der Waals surface area contributed by atoms with Crippen molar-refractivity contribution >= 4 is 11.7 Å². The molecule has 0 unspecified atom stereocenters. The summed E-state index contributed by atoms with van der Waals surface area (Å²) in [5.41, 5.74) is 2.31. The second kappa shape index (κ2) is 14.5. The molecule has 4 aromatic carbocycles. The second-order valence-electron chi connectivity index (χ2n) is 11.4. The number of aliphatic hydroxyl groups is 1. The Morgan fingerprint density at radius 1 is 0.787 bits per heavy atom. The minimum Gasteiger partial charge on any atom is -0.497 e. The molecular formula is C38H37N3O6. The van der Waals surface area contributed by atoms with Crippen molar-refractivity contribution in [2.75, 3.05) is 26.1 Å². The number of nitrogens with one attached hydrogen (secondary N) is 1. The monoisotopic (exact) mass is 631 g/mol. The van der Waals surface area contributed by atoms with Gasteiger partial charge in [-0.25, -0.2) is 9.97 Å². The highest BCUT2D eigenvalue weighted by Gasteiger charge is 2.41. The van der Waals surface area contributed by atoms with Crippen molar-refractivity contribution in [3.05, 3.63) is 144 Å². The molecule has 2 N–H and O–H groups in total. The van der Waals surface area contributed by atoms with Gasteiger partial charge in [0.15, 0.2) is 0 Å². The molecule has 1 saturated carbocycles. The molecule has 1 aliphatic rings. The van der Waals surface area contributed by atoms with E-state index in [0.29, 0.717) is 30.1 Å². The maximum Gasteiger partial charge on any atom is 0.256 e. The lowest BCUT2D eigenvalue weighted by molar-refractivity contribution is -0.0298. The van der Waals surface area contributed by atoms with Gasteiger partial charge < -0.3 is 29.4 Å². The Morgan fingerprint density at radius 2 is 1.36 bits per heavy atom. The molecule has 1 aromatic heterocycles. The van der Waals surface area contributed by atoms with Crippen molar-refractivity contribution in [1.82, 2.24) is 9.97 Å². The largest absolute Gasteiger partial charge is 0.497 e. The molecule has 0 saturated heterocycles. The second-order valence-corrected chi connectivity index (χ2v) is 11.4. The van der Waals surface area contributed by atoms with Crippen molar-refractivity contribution in [3.8, 4) is 17.4 Å². The molecule has 5 aromatic rings. The molecule has 0 bridgehead atoms. The van der Waals surface area contributed by atoms with Crippen LogP contribution < -0.4 is 19.5 Å². The third-order valence-corrected chi connectivity index (χ3v) is 8.51. The summed E-state index contributed by atoms with van der Waals surface area (Å²) < 4.78 is 24.1.